The Morgan fingerprint density at radius 3 is 3.08 bits per heavy atom. The number of hydrogen-bond donors (Lipinski definition) is 2. The standard InChI is InChI=1S/C9H13NO3/c1-2-7(11)6-10-9(12)8-4-3-5-13-8/h3-5,7,11H,2,6H2,1H3,(H,10,12). The summed E-state index contributed by atoms with van der Waals surface area (Å²) in [6.45, 7) is 2.11. The van der Waals surface area contributed by atoms with E-state index in [4.69, 9.17) is 9.52 Å². The van der Waals surface area contributed by atoms with Crippen LogP contribution in [0.1, 0.15) is 23.9 Å². The van der Waals surface area contributed by atoms with Crippen LogP contribution in [0.5, 0.6) is 0 Å². The molecule has 1 amide bonds. The van der Waals surface area contributed by atoms with Gasteiger partial charge in [-0.1, -0.05) is 6.92 Å². The van der Waals surface area contributed by atoms with Gasteiger partial charge in [0, 0.05) is 6.54 Å². The summed E-state index contributed by atoms with van der Waals surface area (Å²) >= 11 is 0. The number of rotatable bonds is 4. The van der Waals surface area contributed by atoms with Gasteiger partial charge in [0.15, 0.2) is 5.76 Å². The number of aliphatic hydroxyl groups is 1. The highest BCUT2D eigenvalue weighted by atomic mass is 16.3. The Labute approximate surface area is 76.6 Å². The van der Waals surface area contributed by atoms with Crippen LogP contribution in [0.3, 0.4) is 0 Å². The summed E-state index contributed by atoms with van der Waals surface area (Å²) in [7, 11) is 0. The first-order chi connectivity index (χ1) is 6.24. The molecule has 0 radical (unpaired) electrons. The van der Waals surface area contributed by atoms with Crippen molar-refractivity contribution in [2.24, 2.45) is 0 Å². The zero-order valence-electron chi connectivity index (χ0n) is 7.49. The van der Waals surface area contributed by atoms with Gasteiger partial charge in [-0.05, 0) is 18.6 Å². The van der Waals surface area contributed by atoms with E-state index in [-0.39, 0.29) is 18.2 Å². The summed E-state index contributed by atoms with van der Waals surface area (Å²) in [6.07, 6.45) is 1.57. The number of furan rings is 1. The Balaban J connectivity index is 2.35. The highest BCUT2D eigenvalue weighted by molar-refractivity contribution is 5.91. The van der Waals surface area contributed by atoms with Crippen LogP contribution in [-0.2, 0) is 0 Å². The average Bonchev–Trinajstić information content (AvgIpc) is 2.66. The van der Waals surface area contributed by atoms with E-state index in [1.54, 1.807) is 12.1 Å². The van der Waals surface area contributed by atoms with Crippen LogP contribution < -0.4 is 5.32 Å². The molecule has 4 heteroatoms. The lowest BCUT2D eigenvalue weighted by Gasteiger charge is -2.07. The topological polar surface area (TPSA) is 62.5 Å². The second kappa shape index (κ2) is 4.67. The number of carbonyl (C=O) groups excluding carboxylic acids is 1. The fourth-order valence-electron chi connectivity index (χ4n) is 0.850. The highest BCUT2D eigenvalue weighted by Crippen LogP contribution is 1.99. The molecule has 1 aromatic rings. The third-order valence-electron chi connectivity index (χ3n) is 1.71. The van der Waals surface area contributed by atoms with Crippen LogP contribution >= 0.6 is 0 Å². The maximum atomic E-state index is 11.2. The third-order valence-corrected chi connectivity index (χ3v) is 1.71. The maximum absolute atomic E-state index is 11.2. The fourth-order valence-corrected chi connectivity index (χ4v) is 0.850. The van der Waals surface area contributed by atoms with Gasteiger partial charge in [0.2, 0.25) is 0 Å². The monoisotopic (exact) mass is 183 g/mol. The van der Waals surface area contributed by atoms with Gasteiger partial charge in [-0.2, -0.15) is 0 Å². The predicted octanol–water partition coefficient (Wildman–Crippen LogP) is 0.780. The summed E-state index contributed by atoms with van der Waals surface area (Å²) < 4.78 is 4.87. The first-order valence-corrected chi connectivity index (χ1v) is 4.23. The molecule has 0 saturated heterocycles. The van der Waals surface area contributed by atoms with Crippen molar-refractivity contribution in [2.75, 3.05) is 6.54 Å². The molecule has 0 bridgehead atoms. The minimum atomic E-state index is -0.487. The van der Waals surface area contributed by atoms with Gasteiger partial charge < -0.3 is 14.8 Å². The summed E-state index contributed by atoms with van der Waals surface area (Å²) in [6, 6.07) is 3.22. The van der Waals surface area contributed by atoms with Crippen LogP contribution in [0, 0.1) is 0 Å². The minimum absolute atomic E-state index is 0.260. The number of nitrogens with one attached hydrogen (secondary N) is 1. The van der Waals surface area contributed by atoms with E-state index in [1.165, 1.54) is 6.26 Å². The van der Waals surface area contributed by atoms with E-state index < -0.39 is 6.10 Å². The molecule has 1 rings (SSSR count). The molecule has 0 aliphatic carbocycles. The van der Waals surface area contributed by atoms with Gasteiger partial charge in [0.1, 0.15) is 0 Å². The first-order valence-electron chi connectivity index (χ1n) is 4.23. The Bertz CT molecular complexity index is 256. The van der Waals surface area contributed by atoms with E-state index in [0.717, 1.165) is 0 Å². The van der Waals surface area contributed by atoms with Crippen LogP contribution in [-0.4, -0.2) is 23.7 Å². The Kier molecular flexibility index (Phi) is 3.52. The van der Waals surface area contributed by atoms with Crippen molar-refractivity contribution in [3.8, 4) is 0 Å². The molecule has 13 heavy (non-hydrogen) atoms. The molecule has 72 valence electrons. The van der Waals surface area contributed by atoms with Crippen molar-refractivity contribution >= 4 is 5.91 Å². The molecule has 1 aromatic heterocycles. The van der Waals surface area contributed by atoms with Crippen molar-refractivity contribution in [3.63, 3.8) is 0 Å². The zero-order valence-corrected chi connectivity index (χ0v) is 7.49. The van der Waals surface area contributed by atoms with Crippen LogP contribution in [0.25, 0.3) is 0 Å². The second-order valence-electron chi connectivity index (χ2n) is 2.75. The van der Waals surface area contributed by atoms with Crippen LogP contribution in [0.4, 0.5) is 0 Å². The highest BCUT2D eigenvalue weighted by Gasteiger charge is 2.09. The molecule has 0 fully saturated rings. The number of amides is 1. The average molecular weight is 183 g/mol. The Hall–Kier alpha value is -1.29. The van der Waals surface area contributed by atoms with E-state index in [0.29, 0.717) is 6.42 Å². The molecule has 1 atom stereocenters. The van der Waals surface area contributed by atoms with E-state index >= 15 is 0 Å². The molecule has 1 unspecified atom stereocenters. The van der Waals surface area contributed by atoms with Crippen molar-refractivity contribution in [1.29, 1.82) is 0 Å². The number of aliphatic hydroxyl groups excluding tert-OH is 1. The van der Waals surface area contributed by atoms with E-state index in [1.807, 2.05) is 6.92 Å². The van der Waals surface area contributed by atoms with Crippen molar-refractivity contribution in [1.82, 2.24) is 5.32 Å². The van der Waals surface area contributed by atoms with Crippen molar-refractivity contribution in [3.05, 3.63) is 24.2 Å². The second-order valence-corrected chi connectivity index (χ2v) is 2.75. The Morgan fingerprint density at radius 1 is 1.77 bits per heavy atom. The van der Waals surface area contributed by atoms with E-state index in [9.17, 15) is 4.79 Å². The largest absolute Gasteiger partial charge is 0.459 e. The van der Waals surface area contributed by atoms with Crippen molar-refractivity contribution in [2.45, 2.75) is 19.4 Å². The Morgan fingerprint density at radius 2 is 2.54 bits per heavy atom. The molecule has 1 heterocycles. The lowest BCUT2D eigenvalue weighted by atomic mass is 10.3. The van der Waals surface area contributed by atoms with Crippen LogP contribution in [0.2, 0.25) is 0 Å². The number of hydrogen-bond acceptors (Lipinski definition) is 3. The van der Waals surface area contributed by atoms with Crippen LogP contribution in [0.15, 0.2) is 22.8 Å². The number of carbonyl (C=O) groups is 1. The molecular formula is C9H13NO3. The van der Waals surface area contributed by atoms with Gasteiger partial charge in [0.25, 0.3) is 5.91 Å². The molecule has 2 N–H and O–H groups in total. The molecule has 0 saturated carbocycles. The molecule has 0 aromatic carbocycles. The minimum Gasteiger partial charge on any atom is -0.459 e. The smallest absolute Gasteiger partial charge is 0.287 e. The summed E-state index contributed by atoms with van der Waals surface area (Å²) in [5.41, 5.74) is 0. The molecular weight excluding hydrogens is 170 g/mol. The predicted molar refractivity (Wildman–Crippen MR) is 47.3 cm³/mol. The van der Waals surface area contributed by atoms with Gasteiger partial charge in [-0.3, -0.25) is 4.79 Å². The molecule has 4 nitrogen and oxygen atoms in total. The lowest BCUT2D eigenvalue weighted by molar-refractivity contribution is 0.0887. The molecule has 0 spiro atoms. The van der Waals surface area contributed by atoms with Gasteiger partial charge in [-0.25, -0.2) is 0 Å². The third kappa shape index (κ3) is 2.91. The maximum Gasteiger partial charge on any atom is 0.287 e. The van der Waals surface area contributed by atoms with Gasteiger partial charge in [-0.15, -0.1) is 0 Å². The SMILES string of the molecule is CCC(O)CNC(=O)c1ccco1. The summed E-state index contributed by atoms with van der Waals surface area (Å²) in [5.74, 6) is -0.0270. The fraction of sp³-hybridized carbons (Fsp3) is 0.444. The summed E-state index contributed by atoms with van der Waals surface area (Å²) in [5, 5.41) is 11.7. The zero-order chi connectivity index (χ0) is 9.68. The quantitative estimate of drug-likeness (QED) is 0.725. The first kappa shape index (κ1) is 9.80. The van der Waals surface area contributed by atoms with Crippen molar-refractivity contribution < 1.29 is 14.3 Å². The van der Waals surface area contributed by atoms with E-state index in [2.05, 4.69) is 5.32 Å². The van der Waals surface area contributed by atoms with Gasteiger partial charge in [0.05, 0.1) is 12.4 Å². The molecule has 0 aliphatic heterocycles. The summed E-state index contributed by atoms with van der Waals surface area (Å²) in [4.78, 5) is 11.2. The molecule has 0 aliphatic rings. The lowest BCUT2D eigenvalue weighted by Crippen LogP contribution is -2.31. The van der Waals surface area contributed by atoms with Gasteiger partial charge >= 0.3 is 0 Å². The normalized spacial score (nSPS) is 12.5.